The molecule has 0 aliphatic carbocycles. The van der Waals surface area contributed by atoms with Crippen molar-refractivity contribution in [1.29, 1.82) is 0 Å². The van der Waals surface area contributed by atoms with E-state index in [9.17, 15) is 33.6 Å². The number of hydrogen-bond acceptors (Lipinski definition) is 8. The van der Waals surface area contributed by atoms with E-state index in [1.165, 1.54) is 4.90 Å². The van der Waals surface area contributed by atoms with Crippen molar-refractivity contribution < 1.29 is 38.3 Å². The average molecular weight is 758 g/mol. The van der Waals surface area contributed by atoms with E-state index in [4.69, 9.17) is 10.5 Å². The summed E-state index contributed by atoms with van der Waals surface area (Å²) in [6, 6.07) is 4.10. The van der Waals surface area contributed by atoms with Crippen molar-refractivity contribution >= 4 is 47.3 Å². The van der Waals surface area contributed by atoms with Crippen molar-refractivity contribution in [2.24, 2.45) is 28.4 Å². The molecule has 1 aromatic carbocycles. The van der Waals surface area contributed by atoms with Crippen LogP contribution < -0.4 is 32.3 Å². The maximum absolute atomic E-state index is 13.5. The molecule has 1 fully saturated rings. The molecular formula is C39H63N7O8. The van der Waals surface area contributed by atoms with Crippen LogP contribution in [0.15, 0.2) is 24.3 Å². The SMILES string of the molecule is CC(C)[C@H](NC(=O)CCCCCN1C(=O)CC(C(C)(C)C)C1=O)C(=O)N[C@@H](CCCNC(N)=O)C(=O)Nc1ccc(COC(=O)NCCC(C)(C)C)cc1. The van der Waals surface area contributed by atoms with E-state index in [1.54, 1.807) is 38.1 Å². The Labute approximate surface area is 320 Å². The number of unbranched alkanes of at least 4 members (excludes halogenated alkanes) is 2. The van der Waals surface area contributed by atoms with E-state index in [-0.39, 0.29) is 72.8 Å². The highest BCUT2D eigenvalue weighted by molar-refractivity contribution is 6.04. The number of carbonyl (C=O) groups is 7. The maximum Gasteiger partial charge on any atom is 0.407 e. The molecule has 0 radical (unpaired) electrons. The molecule has 302 valence electrons. The summed E-state index contributed by atoms with van der Waals surface area (Å²) in [5, 5.41) is 13.6. The molecule has 7 N–H and O–H groups in total. The zero-order valence-corrected chi connectivity index (χ0v) is 33.4. The van der Waals surface area contributed by atoms with Gasteiger partial charge in [-0.05, 0) is 66.5 Å². The molecule has 54 heavy (non-hydrogen) atoms. The molecule has 0 saturated carbocycles. The first-order chi connectivity index (χ1) is 25.2. The number of benzene rings is 1. The zero-order chi connectivity index (χ0) is 40.6. The molecule has 3 atom stereocenters. The number of anilines is 1. The van der Waals surface area contributed by atoms with Crippen LogP contribution in [0.3, 0.4) is 0 Å². The van der Waals surface area contributed by atoms with Gasteiger partial charge in [-0.2, -0.15) is 0 Å². The van der Waals surface area contributed by atoms with E-state index >= 15 is 0 Å². The summed E-state index contributed by atoms with van der Waals surface area (Å²) in [5.41, 5.74) is 6.13. The number of primary amides is 1. The minimum absolute atomic E-state index is 0.0437. The lowest BCUT2D eigenvalue weighted by Crippen LogP contribution is -2.54. The van der Waals surface area contributed by atoms with Crippen LogP contribution in [0.25, 0.3) is 0 Å². The van der Waals surface area contributed by atoms with E-state index in [0.29, 0.717) is 50.0 Å². The molecule has 0 spiro atoms. The lowest BCUT2D eigenvalue weighted by Gasteiger charge is -2.25. The molecule has 1 aliphatic rings. The van der Waals surface area contributed by atoms with E-state index in [0.717, 1.165) is 6.42 Å². The number of urea groups is 1. The van der Waals surface area contributed by atoms with Gasteiger partial charge in [0.1, 0.15) is 18.7 Å². The fourth-order valence-electron chi connectivity index (χ4n) is 5.81. The van der Waals surface area contributed by atoms with Crippen LogP contribution in [0.1, 0.15) is 112 Å². The Balaban J connectivity index is 1.92. The third-order valence-electron chi connectivity index (χ3n) is 9.18. The molecule has 1 aromatic rings. The van der Waals surface area contributed by atoms with Gasteiger partial charge in [-0.15, -0.1) is 0 Å². The molecule has 1 heterocycles. The summed E-state index contributed by atoms with van der Waals surface area (Å²) < 4.78 is 5.28. The average Bonchev–Trinajstić information content (AvgIpc) is 3.36. The first kappa shape index (κ1) is 45.5. The summed E-state index contributed by atoms with van der Waals surface area (Å²) in [5.74, 6) is -2.28. The van der Waals surface area contributed by atoms with Crippen LogP contribution in [0.4, 0.5) is 15.3 Å². The number of carbonyl (C=O) groups excluding carboxylic acids is 7. The number of likely N-dealkylation sites (tertiary alicyclic amines) is 1. The van der Waals surface area contributed by atoms with Crippen LogP contribution in [0, 0.1) is 22.7 Å². The summed E-state index contributed by atoms with van der Waals surface area (Å²) >= 11 is 0. The molecule has 1 saturated heterocycles. The summed E-state index contributed by atoms with van der Waals surface area (Å²) in [4.78, 5) is 89.5. The minimum Gasteiger partial charge on any atom is -0.445 e. The van der Waals surface area contributed by atoms with Crippen LogP contribution in [-0.2, 0) is 35.3 Å². The van der Waals surface area contributed by atoms with Gasteiger partial charge in [-0.25, -0.2) is 9.59 Å². The summed E-state index contributed by atoms with van der Waals surface area (Å²) in [6.45, 7) is 16.7. The van der Waals surface area contributed by atoms with Gasteiger partial charge in [0.15, 0.2) is 0 Å². The van der Waals surface area contributed by atoms with Crippen molar-refractivity contribution in [3.63, 3.8) is 0 Å². The van der Waals surface area contributed by atoms with Crippen LogP contribution in [0.5, 0.6) is 0 Å². The van der Waals surface area contributed by atoms with Gasteiger partial charge in [0.25, 0.3) is 0 Å². The number of amides is 8. The van der Waals surface area contributed by atoms with Crippen molar-refractivity contribution in [1.82, 2.24) is 26.2 Å². The number of nitrogens with two attached hydrogens (primary N) is 1. The molecule has 15 nitrogen and oxygen atoms in total. The minimum atomic E-state index is -1.00. The summed E-state index contributed by atoms with van der Waals surface area (Å²) in [7, 11) is 0. The largest absolute Gasteiger partial charge is 0.445 e. The quantitative estimate of drug-likeness (QED) is 0.0828. The monoisotopic (exact) mass is 757 g/mol. The van der Waals surface area contributed by atoms with E-state index in [2.05, 4.69) is 47.4 Å². The zero-order valence-electron chi connectivity index (χ0n) is 33.4. The molecule has 15 heteroatoms. The third kappa shape index (κ3) is 16.5. The molecule has 1 unspecified atom stereocenters. The fourth-order valence-corrected chi connectivity index (χ4v) is 5.81. The smallest absolute Gasteiger partial charge is 0.407 e. The maximum atomic E-state index is 13.5. The Hall–Kier alpha value is -4.69. The Kier molecular flexibility index (Phi) is 17.9. The van der Waals surface area contributed by atoms with Gasteiger partial charge in [-0.1, -0.05) is 73.9 Å². The van der Waals surface area contributed by atoms with Gasteiger partial charge in [0, 0.05) is 38.2 Å². The predicted molar refractivity (Wildman–Crippen MR) is 206 cm³/mol. The van der Waals surface area contributed by atoms with Gasteiger partial charge in [0.2, 0.25) is 29.5 Å². The molecular weight excluding hydrogens is 694 g/mol. The second kappa shape index (κ2) is 21.3. The Bertz CT molecular complexity index is 1450. The van der Waals surface area contributed by atoms with Gasteiger partial charge >= 0.3 is 12.1 Å². The summed E-state index contributed by atoms with van der Waals surface area (Å²) in [6.07, 6.45) is 2.86. The second-order valence-electron chi connectivity index (χ2n) is 16.6. The van der Waals surface area contributed by atoms with Crippen molar-refractivity contribution in [3.05, 3.63) is 29.8 Å². The Morgan fingerprint density at radius 1 is 0.870 bits per heavy atom. The highest BCUT2D eigenvalue weighted by Crippen LogP contribution is 2.35. The fraction of sp³-hybridized carbons (Fsp3) is 0.667. The van der Waals surface area contributed by atoms with Gasteiger partial charge in [-0.3, -0.25) is 28.9 Å². The number of ether oxygens (including phenoxy) is 1. The van der Waals surface area contributed by atoms with Crippen molar-refractivity contribution in [2.45, 2.75) is 125 Å². The van der Waals surface area contributed by atoms with Crippen molar-refractivity contribution in [3.8, 4) is 0 Å². The van der Waals surface area contributed by atoms with Crippen LogP contribution in [-0.4, -0.2) is 78.3 Å². The van der Waals surface area contributed by atoms with Gasteiger partial charge in [0.05, 0.1) is 5.92 Å². The molecule has 2 rings (SSSR count). The van der Waals surface area contributed by atoms with Crippen LogP contribution >= 0.6 is 0 Å². The molecule has 1 aliphatic heterocycles. The second-order valence-corrected chi connectivity index (χ2v) is 16.6. The lowest BCUT2D eigenvalue weighted by atomic mass is 9.80. The van der Waals surface area contributed by atoms with Crippen LogP contribution in [0.2, 0.25) is 0 Å². The first-order valence-electron chi connectivity index (χ1n) is 19.0. The number of alkyl carbamates (subject to hydrolysis) is 1. The number of rotatable bonds is 20. The standard InChI is InChI=1S/C39H63N7O8/c1-25(2)32(45-30(47)14-10-9-11-22-46-31(48)23-28(35(46)51)39(6,7)8)34(50)44-29(13-12-20-41-36(40)52)33(49)43-27-17-15-26(16-18-27)24-54-37(53)42-21-19-38(3,4)5/h15-18,25,28-29,32H,9-14,19-24H2,1-8H3,(H,42,53)(H,43,49)(H,44,50)(H,45,47)(H3,40,41,52)/t28?,29-,32-/m0/s1. The van der Waals surface area contributed by atoms with Gasteiger partial charge < -0.3 is 37.1 Å². The highest BCUT2D eigenvalue weighted by Gasteiger charge is 2.44. The normalized spacial score (nSPS) is 15.7. The molecule has 0 aromatic heterocycles. The van der Waals surface area contributed by atoms with Crippen molar-refractivity contribution in [2.75, 3.05) is 25.0 Å². The Morgan fingerprint density at radius 3 is 2.11 bits per heavy atom. The molecule has 0 bridgehead atoms. The lowest BCUT2D eigenvalue weighted by molar-refractivity contribution is -0.140. The first-order valence-corrected chi connectivity index (χ1v) is 19.0. The van der Waals surface area contributed by atoms with E-state index < -0.39 is 36.0 Å². The van der Waals surface area contributed by atoms with E-state index in [1.807, 2.05) is 20.8 Å². The topological polar surface area (TPSA) is 218 Å². The highest BCUT2D eigenvalue weighted by atomic mass is 16.5. The number of nitrogens with one attached hydrogen (secondary N) is 5. The number of nitrogens with zero attached hydrogens (tertiary/aromatic N) is 1. The predicted octanol–water partition coefficient (Wildman–Crippen LogP) is 4.34. The number of hydrogen-bond donors (Lipinski definition) is 6. The Morgan fingerprint density at radius 2 is 1.54 bits per heavy atom. The molecule has 8 amide bonds. The number of imide groups is 1. The third-order valence-corrected chi connectivity index (χ3v) is 9.18.